The second-order valence-corrected chi connectivity index (χ2v) is 7.64. The fourth-order valence-corrected chi connectivity index (χ4v) is 4.01. The van der Waals surface area contributed by atoms with Crippen LogP contribution in [0.1, 0.15) is 56.8 Å². The van der Waals surface area contributed by atoms with Crippen molar-refractivity contribution in [2.75, 3.05) is 13.6 Å². The monoisotopic (exact) mass is 376 g/mol. The van der Waals surface area contributed by atoms with Gasteiger partial charge in [-0.1, -0.05) is 38.8 Å². The van der Waals surface area contributed by atoms with Gasteiger partial charge in [0.2, 0.25) is 0 Å². The predicted octanol–water partition coefficient (Wildman–Crippen LogP) is 4.03. The molecule has 1 aliphatic heterocycles. The molecule has 0 saturated carbocycles. The normalized spacial score (nSPS) is 20.4. The summed E-state index contributed by atoms with van der Waals surface area (Å²) in [4.78, 5) is 41.8. The Hall–Kier alpha value is -1.82. The molecule has 0 radical (unpaired) electrons. The number of likely N-dealkylation sites (N-methyl/N-ethyl adjacent to an activating group) is 1. The third-order valence-electron chi connectivity index (χ3n) is 5.43. The van der Waals surface area contributed by atoms with E-state index in [1.54, 1.807) is 31.3 Å². The maximum atomic E-state index is 13.2. The lowest BCUT2D eigenvalue weighted by Crippen LogP contribution is -2.51. The van der Waals surface area contributed by atoms with Crippen molar-refractivity contribution in [3.05, 3.63) is 29.8 Å². The minimum Gasteiger partial charge on any atom is -0.313 e. The van der Waals surface area contributed by atoms with Crippen molar-refractivity contribution >= 4 is 30.4 Å². The van der Waals surface area contributed by atoms with Crippen molar-refractivity contribution in [3.63, 3.8) is 0 Å². The number of carbonyl (C=O) groups is 3. The smallest absolute Gasteiger partial charge is 0.313 e. The van der Waals surface area contributed by atoms with Crippen LogP contribution in [0, 0.1) is 5.92 Å². The average Bonchev–Trinajstić information content (AvgIpc) is 2.77. The van der Waals surface area contributed by atoms with E-state index in [4.69, 9.17) is 0 Å². The summed E-state index contributed by atoms with van der Waals surface area (Å²) >= 11 is 4.24. The standard InChI is InChI=1S/C20H28N2O3S/c1-5-8-15(9-6-2)20(3)18(24)22(19(25)21(20)4)13-17(23)14-10-7-11-16(26)12-14/h7,10-12,15,26H,5-6,8-9,13H2,1-4H3. The first-order valence-electron chi connectivity index (χ1n) is 9.19. The van der Waals surface area contributed by atoms with Crippen molar-refractivity contribution in [1.82, 2.24) is 9.80 Å². The minimum atomic E-state index is -0.894. The highest BCUT2D eigenvalue weighted by molar-refractivity contribution is 7.80. The van der Waals surface area contributed by atoms with Crippen LogP contribution in [0.5, 0.6) is 0 Å². The van der Waals surface area contributed by atoms with E-state index < -0.39 is 11.6 Å². The second kappa shape index (κ2) is 8.25. The van der Waals surface area contributed by atoms with E-state index in [1.807, 2.05) is 6.92 Å². The van der Waals surface area contributed by atoms with Gasteiger partial charge in [-0.15, -0.1) is 12.6 Å². The number of rotatable bonds is 8. The molecule has 1 fully saturated rings. The molecular weight excluding hydrogens is 348 g/mol. The first-order chi connectivity index (χ1) is 12.3. The van der Waals surface area contributed by atoms with Crippen LogP contribution in [0.2, 0.25) is 0 Å². The van der Waals surface area contributed by atoms with Crippen LogP contribution in [0.3, 0.4) is 0 Å². The van der Waals surface area contributed by atoms with Crippen molar-refractivity contribution in [1.29, 1.82) is 0 Å². The minimum absolute atomic E-state index is 0.0832. The van der Waals surface area contributed by atoms with Crippen LogP contribution < -0.4 is 0 Å². The number of carbonyl (C=O) groups excluding carboxylic acids is 3. The van der Waals surface area contributed by atoms with Crippen LogP contribution in [0.15, 0.2) is 29.2 Å². The van der Waals surface area contributed by atoms with Gasteiger partial charge in [0.05, 0.1) is 6.54 Å². The van der Waals surface area contributed by atoms with Crippen molar-refractivity contribution in [3.8, 4) is 0 Å². The van der Waals surface area contributed by atoms with Crippen molar-refractivity contribution in [2.45, 2.75) is 56.9 Å². The molecule has 3 amide bonds. The number of imide groups is 1. The number of Topliss-reactive ketones (excluding diaryl/α,β-unsaturated/α-hetero) is 1. The number of thiol groups is 1. The Kier molecular flexibility index (Phi) is 6.50. The van der Waals surface area contributed by atoms with Gasteiger partial charge in [-0.3, -0.25) is 14.5 Å². The molecule has 142 valence electrons. The molecule has 1 saturated heterocycles. The number of amides is 3. The van der Waals surface area contributed by atoms with E-state index in [1.165, 1.54) is 4.90 Å². The Morgan fingerprint density at radius 2 is 1.81 bits per heavy atom. The van der Waals surface area contributed by atoms with E-state index in [0.717, 1.165) is 30.6 Å². The highest BCUT2D eigenvalue weighted by Crippen LogP contribution is 2.38. The molecule has 1 unspecified atom stereocenters. The second-order valence-electron chi connectivity index (χ2n) is 7.13. The summed E-state index contributed by atoms with van der Waals surface area (Å²) in [5.74, 6) is -0.449. The van der Waals surface area contributed by atoms with E-state index in [-0.39, 0.29) is 24.2 Å². The SMILES string of the molecule is CCCC(CCC)C1(C)C(=O)N(CC(=O)c2cccc(S)c2)C(=O)N1C. The van der Waals surface area contributed by atoms with Crippen LogP contribution in [0.4, 0.5) is 4.79 Å². The summed E-state index contributed by atoms with van der Waals surface area (Å²) in [5, 5.41) is 0. The van der Waals surface area contributed by atoms with Gasteiger partial charge in [0.25, 0.3) is 5.91 Å². The topological polar surface area (TPSA) is 57.7 Å². The molecule has 0 N–H and O–H groups in total. The molecule has 1 aliphatic rings. The number of benzene rings is 1. The van der Waals surface area contributed by atoms with Crippen LogP contribution in [0.25, 0.3) is 0 Å². The largest absolute Gasteiger partial charge is 0.327 e. The van der Waals surface area contributed by atoms with Crippen LogP contribution >= 0.6 is 12.6 Å². The molecule has 0 bridgehead atoms. The van der Waals surface area contributed by atoms with Crippen LogP contribution in [-0.4, -0.2) is 46.7 Å². The number of hydrogen-bond donors (Lipinski definition) is 1. The molecule has 0 spiro atoms. The molecule has 2 rings (SSSR count). The summed E-state index contributed by atoms with van der Waals surface area (Å²) in [6, 6.07) is 6.43. The molecule has 1 aromatic carbocycles. The molecule has 1 heterocycles. The highest BCUT2D eigenvalue weighted by atomic mass is 32.1. The third kappa shape index (κ3) is 3.65. The first kappa shape index (κ1) is 20.5. The maximum absolute atomic E-state index is 13.2. The Morgan fingerprint density at radius 3 is 2.35 bits per heavy atom. The van der Waals surface area contributed by atoms with Gasteiger partial charge >= 0.3 is 6.03 Å². The number of nitrogens with zero attached hydrogens (tertiary/aromatic N) is 2. The van der Waals surface area contributed by atoms with E-state index >= 15 is 0 Å². The Balaban J connectivity index is 2.27. The predicted molar refractivity (Wildman–Crippen MR) is 105 cm³/mol. The summed E-state index contributed by atoms with van der Waals surface area (Å²) in [6.45, 7) is 5.76. The zero-order chi connectivity index (χ0) is 19.5. The quantitative estimate of drug-likeness (QED) is 0.423. The molecule has 5 nitrogen and oxygen atoms in total. The lowest BCUT2D eigenvalue weighted by atomic mass is 9.78. The van der Waals surface area contributed by atoms with Gasteiger partial charge in [-0.2, -0.15) is 0 Å². The van der Waals surface area contributed by atoms with E-state index in [2.05, 4.69) is 26.5 Å². The molecule has 26 heavy (non-hydrogen) atoms. The zero-order valence-electron chi connectivity index (χ0n) is 16.0. The van der Waals surface area contributed by atoms with Gasteiger partial charge in [0.1, 0.15) is 5.54 Å². The van der Waals surface area contributed by atoms with Crippen molar-refractivity contribution in [2.24, 2.45) is 5.92 Å². The Morgan fingerprint density at radius 1 is 1.19 bits per heavy atom. The zero-order valence-corrected chi connectivity index (χ0v) is 16.9. The lowest BCUT2D eigenvalue weighted by Gasteiger charge is -2.36. The average molecular weight is 377 g/mol. The summed E-state index contributed by atoms with van der Waals surface area (Å²) in [6.07, 6.45) is 3.64. The fourth-order valence-electron chi connectivity index (χ4n) is 3.79. The fraction of sp³-hybridized carbons (Fsp3) is 0.550. The summed E-state index contributed by atoms with van der Waals surface area (Å²) in [7, 11) is 1.66. The summed E-state index contributed by atoms with van der Waals surface area (Å²) < 4.78 is 0. The van der Waals surface area contributed by atoms with Gasteiger partial charge in [0, 0.05) is 17.5 Å². The van der Waals surface area contributed by atoms with Gasteiger partial charge < -0.3 is 4.90 Å². The maximum Gasteiger partial charge on any atom is 0.327 e. The summed E-state index contributed by atoms with van der Waals surface area (Å²) in [5.41, 5.74) is -0.442. The molecular formula is C20H28N2O3S. The molecule has 6 heteroatoms. The first-order valence-corrected chi connectivity index (χ1v) is 9.64. The van der Waals surface area contributed by atoms with Gasteiger partial charge in [-0.05, 0) is 37.8 Å². The highest BCUT2D eigenvalue weighted by Gasteiger charge is 2.56. The van der Waals surface area contributed by atoms with Crippen LogP contribution in [-0.2, 0) is 4.79 Å². The third-order valence-corrected chi connectivity index (χ3v) is 5.71. The van der Waals surface area contributed by atoms with E-state index in [9.17, 15) is 14.4 Å². The number of ketones is 1. The Labute approximate surface area is 161 Å². The van der Waals surface area contributed by atoms with Crippen molar-refractivity contribution < 1.29 is 14.4 Å². The lowest BCUT2D eigenvalue weighted by molar-refractivity contribution is -0.134. The Bertz CT molecular complexity index is 700. The van der Waals surface area contributed by atoms with Gasteiger partial charge in [0.15, 0.2) is 5.78 Å². The van der Waals surface area contributed by atoms with Gasteiger partial charge in [-0.25, -0.2) is 4.79 Å². The van der Waals surface area contributed by atoms with E-state index in [0.29, 0.717) is 10.5 Å². The molecule has 0 aliphatic carbocycles. The molecule has 0 aromatic heterocycles. The number of hydrogen-bond acceptors (Lipinski definition) is 4. The molecule has 1 atom stereocenters. The molecule has 1 aromatic rings. The number of urea groups is 1.